The Balaban J connectivity index is 1.48. The molecule has 0 aromatic heterocycles. The number of para-hydroxylation sites is 1. The fourth-order valence-corrected chi connectivity index (χ4v) is 5.94. The number of rotatable bonds is 3. The molecule has 0 N–H and O–H groups in total. The number of anilines is 2. The van der Waals surface area contributed by atoms with Gasteiger partial charge in [-0.3, -0.25) is 14.4 Å². The van der Waals surface area contributed by atoms with Gasteiger partial charge in [0.1, 0.15) is 6.04 Å². The maximum absolute atomic E-state index is 13.9. The Morgan fingerprint density at radius 2 is 1.57 bits per heavy atom. The van der Waals surface area contributed by atoms with Gasteiger partial charge in [-0.1, -0.05) is 64.5 Å². The third-order valence-corrected chi connectivity index (χ3v) is 7.77. The molecule has 0 radical (unpaired) electrons. The van der Waals surface area contributed by atoms with Crippen LogP contribution in [0.25, 0.3) is 6.08 Å². The summed E-state index contributed by atoms with van der Waals surface area (Å²) >= 11 is 3.35. The highest BCUT2D eigenvalue weighted by Gasteiger charge is 2.64. The maximum Gasteiger partial charge on any atom is 0.416 e. The highest BCUT2D eigenvalue weighted by molar-refractivity contribution is 9.10. The van der Waals surface area contributed by atoms with E-state index in [9.17, 15) is 27.6 Å². The number of alkyl halides is 3. The van der Waals surface area contributed by atoms with Gasteiger partial charge in [0, 0.05) is 15.7 Å². The minimum Gasteiger partial charge on any atom is -0.352 e. The van der Waals surface area contributed by atoms with E-state index in [1.807, 2.05) is 35.2 Å². The second kappa shape index (κ2) is 8.41. The zero-order valence-corrected chi connectivity index (χ0v) is 20.6. The number of carbonyl (C=O) groups excluding carboxylic acids is 3. The van der Waals surface area contributed by atoms with E-state index < -0.39 is 47.5 Å². The lowest BCUT2D eigenvalue weighted by atomic mass is 9.86. The molecule has 3 heterocycles. The monoisotopic (exact) mass is 566 g/mol. The van der Waals surface area contributed by atoms with Gasteiger partial charge in [-0.25, -0.2) is 4.90 Å². The summed E-state index contributed by atoms with van der Waals surface area (Å²) in [5.41, 5.74) is 0.838. The molecule has 2 saturated heterocycles. The van der Waals surface area contributed by atoms with Crippen molar-refractivity contribution in [3.05, 3.63) is 100 Å². The second-order valence-electron chi connectivity index (χ2n) is 9.24. The van der Waals surface area contributed by atoms with Crippen molar-refractivity contribution in [2.24, 2.45) is 11.8 Å². The number of amides is 2. The van der Waals surface area contributed by atoms with Crippen molar-refractivity contribution in [2.75, 3.05) is 9.80 Å². The average Bonchev–Trinajstić information content (AvgIpc) is 3.36. The van der Waals surface area contributed by atoms with Gasteiger partial charge in [-0.05, 0) is 42.0 Å². The summed E-state index contributed by atoms with van der Waals surface area (Å²) in [6.07, 6.45) is -0.981. The number of ketones is 1. The molecule has 186 valence electrons. The van der Waals surface area contributed by atoms with Gasteiger partial charge in [0.2, 0.25) is 11.8 Å². The van der Waals surface area contributed by atoms with Crippen LogP contribution < -0.4 is 9.80 Å². The Morgan fingerprint density at radius 3 is 2.30 bits per heavy atom. The smallest absolute Gasteiger partial charge is 0.352 e. The first-order valence-electron chi connectivity index (χ1n) is 11.6. The number of Topliss-reactive ketones (excluding diaryl/α,β-unsaturated/α-hetero) is 1. The van der Waals surface area contributed by atoms with Crippen LogP contribution in [0.5, 0.6) is 0 Å². The second-order valence-corrected chi connectivity index (χ2v) is 10.2. The van der Waals surface area contributed by atoms with Crippen LogP contribution in [0.4, 0.5) is 24.5 Å². The Kier molecular flexibility index (Phi) is 5.38. The van der Waals surface area contributed by atoms with Crippen molar-refractivity contribution in [2.45, 2.75) is 18.3 Å². The molecule has 0 unspecified atom stereocenters. The zero-order chi connectivity index (χ0) is 26.1. The van der Waals surface area contributed by atoms with Crippen molar-refractivity contribution in [3.8, 4) is 0 Å². The topological polar surface area (TPSA) is 57.7 Å². The Hall–Kier alpha value is -3.72. The molecule has 3 aliphatic heterocycles. The molecule has 0 spiro atoms. The fraction of sp³-hybridized carbons (Fsp3) is 0.179. The predicted molar refractivity (Wildman–Crippen MR) is 135 cm³/mol. The van der Waals surface area contributed by atoms with Crippen LogP contribution in [0.2, 0.25) is 0 Å². The van der Waals surface area contributed by atoms with Crippen molar-refractivity contribution in [1.29, 1.82) is 0 Å². The highest BCUT2D eigenvalue weighted by atomic mass is 79.9. The van der Waals surface area contributed by atoms with E-state index in [1.54, 1.807) is 30.3 Å². The molecular formula is C28H18BrF3N2O3. The molecule has 5 nitrogen and oxygen atoms in total. The van der Waals surface area contributed by atoms with Gasteiger partial charge < -0.3 is 4.90 Å². The predicted octanol–water partition coefficient (Wildman–Crippen LogP) is 5.74. The third kappa shape index (κ3) is 3.63. The summed E-state index contributed by atoms with van der Waals surface area (Å²) in [6, 6.07) is 16.7. The molecule has 0 aliphatic carbocycles. The van der Waals surface area contributed by atoms with Crippen molar-refractivity contribution >= 4 is 51.0 Å². The third-order valence-electron chi connectivity index (χ3n) is 7.24. The van der Waals surface area contributed by atoms with Crippen LogP contribution in [0.1, 0.15) is 21.5 Å². The normalized spacial score (nSPS) is 24.2. The fourth-order valence-electron chi connectivity index (χ4n) is 5.67. The molecule has 4 atom stereocenters. The van der Waals surface area contributed by atoms with E-state index in [2.05, 4.69) is 15.9 Å². The van der Waals surface area contributed by atoms with Crippen molar-refractivity contribution in [1.82, 2.24) is 0 Å². The van der Waals surface area contributed by atoms with Crippen LogP contribution in [0.15, 0.2) is 83.3 Å². The van der Waals surface area contributed by atoms with Crippen LogP contribution >= 0.6 is 15.9 Å². The summed E-state index contributed by atoms with van der Waals surface area (Å²) in [6.45, 7) is 0. The average molecular weight is 567 g/mol. The van der Waals surface area contributed by atoms with Crippen molar-refractivity contribution < 1.29 is 27.6 Å². The minimum atomic E-state index is -4.63. The van der Waals surface area contributed by atoms with E-state index in [0.29, 0.717) is 5.56 Å². The van der Waals surface area contributed by atoms with Gasteiger partial charge in [0.25, 0.3) is 0 Å². The van der Waals surface area contributed by atoms with E-state index in [4.69, 9.17) is 0 Å². The van der Waals surface area contributed by atoms with E-state index >= 15 is 0 Å². The van der Waals surface area contributed by atoms with Gasteiger partial charge in [-0.2, -0.15) is 13.2 Å². The van der Waals surface area contributed by atoms with Gasteiger partial charge in [-0.15, -0.1) is 0 Å². The molecule has 2 amide bonds. The summed E-state index contributed by atoms with van der Waals surface area (Å²) in [4.78, 5) is 44.1. The largest absolute Gasteiger partial charge is 0.416 e. The number of hydrogen-bond acceptors (Lipinski definition) is 4. The molecule has 0 bridgehead atoms. The Morgan fingerprint density at radius 1 is 0.865 bits per heavy atom. The molecule has 3 aromatic carbocycles. The number of fused-ring (bicyclic) bond motifs is 5. The zero-order valence-electron chi connectivity index (χ0n) is 19.0. The first-order valence-corrected chi connectivity index (χ1v) is 12.4. The molecular weight excluding hydrogens is 549 g/mol. The first kappa shape index (κ1) is 23.7. The first-order chi connectivity index (χ1) is 17.7. The van der Waals surface area contributed by atoms with Crippen LogP contribution in [0, 0.1) is 11.8 Å². The lowest BCUT2D eigenvalue weighted by Crippen LogP contribution is -2.48. The Bertz CT molecular complexity index is 1480. The number of carbonyl (C=O) groups is 3. The lowest BCUT2D eigenvalue weighted by Gasteiger charge is -2.36. The number of hydrogen-bond donors (Lipinski definition) is 0. The quantitative estimate of drug-likeness (QED) is 0.299. The number of nitrogens with zero attached hydrogens (tertiary/aromatic N) is 2. The SMILES string of the molecule is O=C(c1ccc(Br)cc1)[C@@H]1[C@@H]2C(=O)N(c3cccc(C(F)(F)F)c3)C(=O)[C@H]2[C@H]2C=Cc3ccccc3N21. The molecule has 3 aromatic rings. The summed E-state index contributed by atoms with van der Waals surface area (Å²) < 4.78 is 40.9. The van der Waals surface area contributed by atoms with E-state index in [-0.39, 0.29) is 11.5 Å². The van der Waals surface area contributed by atoms with Crippen LogP contribution in [-0.4, -0.2) is 29.7 Å². The summed E-state index contributed by atoms with van der Waals surface area (Å²) in [7, 11) is 0. The summed E-state index contributed by atoms with van der Waals surface area (Å²) in [5, 5.41) is 0. The number of benzene rings is 3. The molecule has 9 heteroatoms. The number of imide groups is 1. The lowest BCUT2D eigenvalue weighted by molar-refractivity contribution is -0.137. The van der Waals surface area contributed by atoms with E-state index in [0.717, 1.165) is 32.8 Å². The molecule has 0 saturated carbocycles. The summed E-state index contributed by atoms with van der Waals surface area (Å²) in [5.74, 6) is -3.60. The van der Waals surface area contributed by atoms with Gasteiger partial charge in [0.05, 0.1) is 29.1 Å². The van der Waals surface area contributed by atoms with Crippen molar-refractivity contribution in [3.63, 3.8) is 0 Å². The van der Waals surface area contributed by atoms with E-state index in [1.165, 1.54) is 12.1 Å². The maximum atomic E-state index is 13.9. The molecule has 2 fully saturated rings. The van der Waals surface area contributed by atoms with Gasteiger partial charge >= 0.3 is 6.18 Å². The van der Waals surface area contributed by atoms with Crippen LogP contribution in [0.3, 0.4) is 0 Å². The van der Waals surface area contributed by atoms with Crippen LogP contribution in [-0.2, 0) is 15.8 Å². The minimum absolute atomic E-state index is 0.152. The molecule has 37 heavy (non-hydrogen) atoms. The van der Waals surface area contributed by atoms with Gasteiger partial charge in [0.15, 0.2) is 5.78 Å². The number of halogens is 4. The Labute approximate surface area is 218 Å². The molecule has 6 rings (SSSR count). The standard InChI is InChI=1S/C28H18BrF3N2O3/c29-18-11-8-16(9-12-18)25(35)24-23-22(21-13-10-15-4-1-2-7-20(15)34(21)24)26(36)33(27(23)37)19-6-3-5-17(14-19)28(30,31)32/h1-14,21-24H/t21-,22+,23-,24+/m1/s1. The highest BCUT2D eigenvalue weighted by Crippen LogP contribution is 2.50. The molecule has 3 aliphatic rings.